The van der Waals surface area contributed by atoms with Crippen LogP contribution in [-0.2, 0) is 21.1 Å². The third-order valence-electron chi connectivity index (χ3n) is 5.69. The average Bonchev–Trinajstić information content (AvgIpc) is 3.19. The topological polar surface area (TPSA) is 94.0 Å². The molecule has 2 atom stereocenters. The van der Waals surface area contributed by atoms with Crippen LogP contribution in [0.25, 0.3) is 0 Å². The molecule has 2 aliphatic carbocycles. The molecule has 0 radical (unpaired) electrons. The highest BCUT2D eigenvalue weighted by atomic mass is 19.4. The SMILES string of the molecule is CCNc1nc(Nc2cc([C@]34C#CC[C@H]3COC4=O)nn2C2CC2)ncc1C(F)(F)F. The van der Waals surface area contributed by atoms with Crippen LogP contribution >= 0.6 is 0 Å². The van der Waals surface area contributed by atoms with E-state index >= 15 is 0 Å². The van der Waals surface area contributed by atoms with Crippen LogP contribution in [0, 0.1) is 17.8 Å². The minimum Gasteiger partial charge on any atom is -0.464 e. The number of alkyl halides is 3. The first-order valence-corrected chi connectivity index (χ1v) is 10.1. The second-order valence-electron chi connectivity index (χ2n) is 7.81. The van der Waals surface area contributed by atoms with Crippen molar-refractivity contribution in [2.24, 2.45) is 5.92 Å². The number of fused-ring (bicyclic) bond motifs is 1. The second kappa shape index (κ2) is 6.87. The summed E-state index contributed by atoms with van der Waals surface area (Å²) >= 11 is 0. The van der Waals surface area contributed by atoms with Gasteiger partial charge in [0.05, 0.1) is 18.3 Å². The van der Waals surface area contributed by atoms with E-state index in [9.17, 15) is 18.0 Å². The van der Waals surface area contributed by atoms with Gasteiger partial charge < -0.3 is 15.4 Å². The molecule has 2 N–H and O–H groups in total. The van der Waals surface area contributed by atoms with Gasteiger partial charge in [-0.2, -0.15) is 23.3 Å². The quantitative estimate of drug-likeness (QED) is 0.535. The van der Waals surface area contributed by atoms with E-state index in [4.69, 9.17) is 4.74 Å². The van der Waals surface area contributed by atoms with Gasteiger partial charge >= 0.3 is 12.1 Å². The Labute approximate surface area is 175 Å². The Morgan fingerprint density at radius 1 is 1.39 bits per heavy atom. The van der Waals surface area contributed by atoms with E-state index in [1.165, 1.54) is 0 Å². The summed E-state index contributed by atoms with van der Waals surface area (Å²) in [5, 5.41) is 10.3. The number of anilines is 3. The van der Waals surface area contributed by atoms with E-state index in [0.29, 0.717) is 17.9 Å². The molecule has 0 unspecified atom stereocenters. The molecule has 1 aliphatic heterocycles. The molecule has 162 valence electrons. The van der Waals surface area contributed by atoms with Crippen LogP contribution in [0.2, 0.25) is 0 Å². The Kier molecular flexibility index (Phi) is 4.35. The molecule has 1 saturated heterocycles. The van der Waals surface area contributed by atoms with Gasteiger partial charge in [-0.1, -0.05) is 5.92 Å². The zero-order valence-electron chi connectivity index (χ0n) is 16.6. The van der Waals surface area contributed by atoms with Gasteiger partial charge in [-0.25, -0.2) is 14.5 Å². The van der Waals surface area contributed by atoms with Crippen LogP contribution in [0.4, 0.5) is 30.8 Å². The van der Waals surface area contributed by atoms with Crippen molar-refractivity contribution in [3.63, 3.8) is 0 Å². The largest absolute Gasteiger partial charge is 0.464 e. The van der Waals surface area contributed by atoms with Crippen LogP contribution in [0.15, 0.2) is 12.3 Å². The predicted octanol–water partition coefficient (Wildman–Crippen LogP) is 3.02. The molecule has 8 nitrogen and oxygen atoms in total. The fraction of sp³-hybridized carbons (Fsp3) is 0.500. The highest BCUT2D eigenvalue weighted by molar-refractivity contribution is 5.90. The van der Waals surface area contributed by atoms with Gasteiger partial charge in [0.2, 0.25) is 5.95 Å². The Hall–Kier alpha value is -3.29. The van der Waals surface area contributed by atoms with Gasteiger partial charge in [-0.15, -0.1) is 5.92 Å². The van der Waals surface area contributed by atoms with Crippen molar-refractivity contribution in [2.75, 3.05) is 23.8 Å². The summed E-state index contributed by atoms with van der Waals surface area (Å²) in [6.07, 6.45) is -1.44. The zero-order valence-corrected chi connectivity index (χ0v) is 16.6. The van der Waals surface area contributed by atoms with Crippen LogP contribution in [-0.4, -0.2) is 38.9 Å². The molecule has 0 bridgehead atoms. The number of esters is 1. The molecule has 2 aromatic heterocycles. The molecule has 0 amide bonds. The maximum absolute atomic E-state index is 13.2. The Bertz CT molecular complexity index is 1110. The van der Waals surface area contributed by atoms with E-state index in [0.717, 1.165) is 19.0 Å². The summed E-state index contributed by atoms with van der Waals surface area (Å²) in [6, 6.07) is 1.84. The van der Waals surface area contributed by atoms with Crippen molar-refractivity contribution in [3.8, 4) is 11.8 Å². The molecule has 3 heterocycles. The lowest BCUT2D eigenvalue weighted by Crippen LogP contribution is -2.35. The molecule has 11 heteroatoms. The number of carbonyl (C=O) groups excluding carboxylic acids is 1. The normalized spacial score (nSPS) is 24.4. The van der Waals surface area contributed by atoms with Gasteiger partial charge in [-0.05, 0) is 19.8 Å². The number of cyclic esters (lactones) is 1. The molecule has 2 aromatic rings. The molecule has 3 aliphatic rings. The minimum atomic E-state index is -4.57. The number of rotatable bonds is 6. The number of hydrogen-bond donors (Lipinski definition) is 2. The summed E-state index contributed by atoms with van der Waals surface area (Å²) < 4.78 is 46.7. The summed E-state index contributed by atoms with van der Waals surface area (Å²) in [4.78, 5) is 20.4. The number of nitrogens with zero attached hydrogens (tertiary/aromatic N) is 4. The van der Waals surface area contributed by atoms with E-state index in [1.807, 2.05) is 0 Å². The molecule has 31 heavy (non-hydrogen) atoms. The summed E-state index contributed by atoms with van der Waals surface area (Å²) in [7, 11) is 0. The molecule has 0 spiro atoms. The molecule has 0 aromatic carbocycles. The highest BCUT2D eigenvalue weighted by Crippen LogP contribution is 2.45. The summed E-state index contributed by atoms with van der Waals surface area (Å²) in [5.74, 6) is 5.69. The first kappa shape index (κ1) is 19.7. The van der Waals surface area contributed by atoms with Gasteiger partial charge in [0, 0.05) is 31.1 Å². The third kappa shape index (κ3) is 3.17. The molecular weight excluding hydrogens is 413 g/mol. The number of nitrogens with one attached hydrogen (secondary N) is 2. The van der Waals surface area contributed by atoms with Crippen molar-refractivity contribution in [1.29, 1.82) is 0 Å². The Balaban J connectivity index is 1.51. The molecular formula is C20H19F3N6O2. The number of hydrogen-bond acceptors (Lipinski definition) is 7. The molecule has 5 rings (SSSR count). The number of aromatic nitrogens is 4. The van der Waals surface area contributed by atoms with Crippen molar-refractivity contribution in [2.45, 2.75) is 43.8 Å². The van der Waals surface area contributed by atoms with Crippen molar-refractivity contribution in [1.82, 2.24) is 19.7 Å². The van der Waals surface area contributed by atoms with Crippen LogP contribution in [0.1, 0.15) is 43.5 Å². The average molecular weight is 432 g/mol. The monoisotopic (exact) mass is 432 g/mol. The predicted molar refractivity (Wildman–Crippen MR) is 103 cm³/mol. The first-order chi connectivity index (χ1) is 14.8. The third-order valence-corrected chi connectivity index (χ3v) is 5.69. The van der Waals surface area contributed by atoms with Crippen LogP contribution in [0.5, 0.6) is 0 Å². The lowest BCUT2D eigenvalue weighted by atomic mass is 9.77. The summed E-state index contributed by atoms with van der Waals surface area (Å²) in [6.45, 7) is 2.24. The van der Waals surface area contributed by atoms with Gasteiger partial charge in [0.15, 0.2) is 5.41 Å². The number of ether oxygens (including phenoxy) is 1. The lowest BCUT2D eigenvalue weighted by molar-refractivity contribution is -0.141. The van der Waals surface area contributed by atoms with E-state index in [2.05, 4.69) is 37.5 Å². The van der Waals surface area contributed by atoms with Crippen molar-refractivity contribution in [3.05, 3.63) is 23.5 Å². The minimum absolute atomic E-state index is 0.00199. The molecule has 1 saturated carbocycles. The van der Waals surface area contributed by atoms with Gasteiger partial charge in [0.1, 0.15) is 17.2 Å². The summed E-state index contributed by atoms with van der Waals surface area (Å²) in [5.41, 5.74) is -1.54. The Morgan fingerprint density at radius 2 is 2.19 bits per heavy atom. The fourth-order valence-corrected chi connectivity index (χ4v) is 3.98. The van der Waals surface area contributed by atoms with Crippen molar-refractivity contribution < 1.29 is 22.7 Å². The maximum atomic E-state index is 13.2. The second-order valence-corrected chi connectivity index (χ2v) is 7.81. The highest BCUT2D eigenvalue weighted by Gasteiger charge is 2.56. The van der Waals surface area contributed by atoms with E-state index in [-0.39, 0.29) is 36.9 Å². The van der Waals surface area contributed by atoms with Gasteiger partial charge in [0.25, 0.3) is 0 Å². The number of halogens is 3. The number of carbonyl (C=O) groups is 1. The fourth-order valence-electron chi connectivity index (χ4n) is 3.98. The standard InChI is InChI=1S/C20H19F3N6O2/c1-2-24-16-13(20(21,22)23)9-25-18(27-16)26-15-8-14(28-29(15)12-5-6-12)19-7-3-4-11(19)10-31-17(19)30/h8-9,11-12H,2,4-6,10H2,1H3,(H2,24,25,26,27)/t11-,19-/m0/s1. The van der Waals surface area contributed by atoms with Crippen LogP contribution in [0.3, 0.4) is 0 Å². The zero-order chi connectivity index (χ0) is 21.8. The van der Waals surface area contributed by atoms with Crippen molar-refractivity contribution >= 4 is 23.6 Å². The smallest absolute Gasteiger partial charge is 0.421 e. The Morgan fingerprint density at radius 3 is 2.90 bits per heavy atom. The molecule has 2 fully saturated rings. The van der Waals surface area contributed by atoms with E-state index < -0.39 is 23.1 Å². The van der Waals surface area contributed by atoms with Crippen LogP contribution < -0.4 is 10.6 Å². The van der Waals surface area contributed by atoms with E-state index in [1.54, 1.807) is 17.7 Å². The first-order valence-electron chi connectivity index (χ1n) is 10.1. The maximum Gasteiger partial charge on any atom is 0.421 e. The lowest BCUT2D eigenvalue weighted by Gasteiger charge is -2.18. The van der Waals surface area contributed by atoms with Gasteiger partial charge in [-0.3, -0.25) is 0 Å².